The normalized spacial score (nSPS) is 10.8. The summed E-state index contributed by atoms with van der Waals surface area (Å²) < 4.78 is 0. The first-order valence-electron chi connectivity index (χ1n) is 6.24. The summed E-state index contributed by atoms with van der Waals surface area (Å²) >= 11 is 0. The Labute approximate surface area is 112 Å². The molecule has 0 unspecified atom stereocenters. The van der Waals surface area contributed by atoms with Gasteiger partial charge in [0.05, 0.1) is 0 Å². The minimum atomic E-state index is 0.261. The lowest BCUT2D eigenvalue weighted by Gasteiger charge is -2.13. The zero-order chi connectivity index (χ0) is 13.4. The third-order valence-corrected chi connectivity index (χ3v) is 3.47. The van der Waals surface area contributed by atoms with Crippen molar-refractivity contribution >= 4 is 16.5 Å². The van der Waals surface area contributed by atoms with Gasteiger partial charge in [-0.2, -0.15) is 0 Å². The second kappa shape index (κ2) is 4.32. The summed E-state index contributed by atoms with van der Waals surface area (Å²) in [6, 6.07) is 17.8. The number of fused-ring (bicyclic) bond motifs is 1. The van der Waals surface area contributed by atoms with Crippen molar-refractivity contribution in [3.8, 4) is 16.9 Å². The molecule has 2 nitrogen and oxygen atoms in total. The molecule has 0 aromatic heterocycles. The highest BCUT2D eigenvalue weighted by atomic mass is 16.3. The van der Waals surface area contributed by atoms with Crippen LogP contribution >= 0.6 is 0 Å². The van der Waals surface area contributed by atoms with E-state index in [0.29, 0.717) is 5.69 Å². The molecular weight excluding hydrogens is 234 g/mol. The first-order chi connectivity index (χ1) is 9.18. The van der Waals surface area contributed by atoms with Crippen LogP contribution in [-0.2, 0) is 0 Å². The average Bonchev–Trinajstić information content (AvgIpc) is 2.44. The van der Waals surface area contributed by atoms with E-state index in [1.807, 2.05) is 49.4 Å². The van der Waals surface area contributed by atoms with Gasteiger partial charge < -0.3 is 10.8 Å². The van der Waals surface area contributed by atoms with Crippen LogP contribution in [0.25, 0.3) is 21.9 Å². The van der Waals surface area contributed by atoms with E-state index in [2.05, 4.69) is 12.1 Å². The Morgan fingerprint density at radius 3 is 2.47 bits per heavy atom. The number of aryl methyl sites for hydroxylation is 1. The number of hydrogen-bond donors (Lipinski definition) is 2. The molecule has 19 heavy (non-hydrogen) atoms. The van der Waals surface area contributed by atoms with Gasteiger partial charge in [0.1, 0.15) is 5.75 Å². The van der Waals surface area contributed by atoms with Gasteiger partial charge in [-0.05, 0) is 34.9 Å². The molecule has 0 saturated heterocycles. The molecule has 0 aliphatic rings. The summed E-state index contributed by atoms with van der Waals surface area (Å²) in [5, 5.41) is 12.5. The van der Waals surface area contributed by atoms with E-state index in [1.165, 1.54) is 0 Å². The number of aromatic hydroxyl groups is 1. The van der Waals surface area contributed by atoms with Gasteiger partial charge in [0.15, 0.2) is 0 Å². The van der Waals surface area contributed by atoms with Gasteiger partial charge in [0, 0.05) is 11.3 Å². The van der Waals surface area contributed by atoms with Crippen molar-refractivity contribution in [2.75, 3.05) is 5.73 Å². The van der Waals surface area contributed by atoms with Gasteiger partial charge in [0.25, 0.3) is 0 Å². The number of nitrogens with two attached hydrogens (primary N) is 1. The summed E-state index contributed by atoms with van der Waals surface area (Å²) in [7, 11) is 0. The fourth-order valence-electron chi connectivity index (χ4n) is 2.44. The zero-order valence-corrected chi connectivity index (χ0v) is 10.7. The molecule has 0 saturated carbocycles. The molecule has 0 aliphatic heterocycles. The predicted molar refractivity (Wildman–Crippen MR) is 80.2 cm³/mol. The maximum Gasteiger partial charge on any atom is 0.128 e. The van der Waals surface area contributed by atoms with Crippen LogP contribution in [0.4, 0.5) is 5.69 Å². The lowest BCUT2D eigenvalue weighted by atomic mass is 9.95. The van der Waals surface area contributed by atoms with Gasteiger partial charge >= 0.3 is 0 Å². The van der Waals surface area contributed by atoms with Gasteiger partial charge in [-0.1, -0.05) is 48.5 Å². The molecule has 2 heteroatoms. The third-order valence-electron chi connectivity index (χ3n) is 3.47. The quantitative estimate of drug-likeness (QED) is 0.638. The van der Waals surface area contributed by atoms with Crippen molar-refractivity contribution in [3.05, 3.63) is 60.2 Å². The molecule has 0 amide bonds. The number of phenols is 1. The second-order valence-electron chi connectivity index (χ2n) is 4.72. The fraction of sp³-hybridized carbons (Fsp3) is 0.0588. The lowest BCUT2D eigenvalue weighted by Crippen LogP contribution is -1.93. The van der Waals surface area contributed by atoms with E-state index in [4.69, 9.17) is 5.73 Å². The maximum absolute atomic E-state index is 10.3. The van der Waals surface area contributed by atoms with Crippen LogP contribution in [-0.4, -0.2) is 5.11 Å². The topological polar surface area (TPSA) is 46.2 Å². The monoisotopic (exact) mass is 249 g/mol. The average molecular weight is 249 g/mol. The van der Waals surface area contributed by atoms with Crippen LogP contribution in [0.3, 0.4) is 0 Å². The molecule has 0 bridgehead atoms. The molecule has 0 heterocycles. The summed E-state index contributed by atoms with van der Waals surface area (Å²) in [5.41, 5.74) is 9.17. The largest absolute Gasteiger partial charge is 0.507 e. The number of hydrogen-bond acceptors (Lipinski definition) is 2. The smallest absolute Gasteiger partial charge is 0.128 e. The van der Waals surface area contributed by atoms with Crippen LogP contribution in [0.2, 0.25) is 0 Å². The van der Waals surface area contributed by atoms with Crippen molar-refractivity contribution in [3.63, 3.8) is 0 Å². The molecule has 0 fully saturated rings. The highest BCUT2D eigenvalue weighted by molar-refractivity contribution is 6.01. The Kier molecular flexibility index (Phi) is 2.64. The van der Waals surface area contributed by atoms with Crippen molar-refractivity contribution < 1.29 is 5.11 Å². The van der Waals surface area contributed by atoms with Gasteiger partial charge in [-0.25, -0.2) is 0 Å². The van der Waals surface area contributed by atoms with Gasteiger partial charge in [-0.15, -0.1) is 0 Å². The summed E-state index contributed by atoms with van der Waals surface area (Å²) in [5.74, 6) is 0.261. The Morgan fingerprint density at radius 1 is 0.895 bits per heavy atom. The fourth-order valence-corrected chi connectivity index (χ4v) is 2.44. The van der Waals surface area contributed by atoms with E-state index in [9.17, 15) is 5.11 Å². The number of anilines is 1. The molecule has 0 aliphatic carbocycles. The van der Waals surface area contributed by atoms with E-state index >= 15 is 0 Å². The van der Waals surface area contributed by atoms with Crippen LogP contribution < -0.4 is 5.73 Å². The number of nitrogen functional groups attached to an aromatic ring is 1. The molecule has 0 radical (unpaired) electrons. The Balaban J connectivity index is 2.40. The Bertz CT molecular complexity index is 757. The van der Waals surface area contributed by atoms with E-state index in [1.54, 1.807) is 0 Å². The summed E-state index contributed by atoms with van der Waals surface area (Å²) in [6.07, 6.45) is 0. The molecule has 94 valence electrons. The lowest BCUT2D eigenvalue weighted by molar-refractivity contribution is 0.473. The minimum absolute atomic E-state index is 0.261. The zero-order valence-electron chi connectivity index (χ0n) is 10.7. The van der Waals surface area contributed by atoms with E-state index < -0.39 is 0 Å². The summed E-state index contributed by atoms with van der Waals surface area (Å²) in [6.45, 7) is 1.88. The molecule has 3 N–H and O–H groups in total. The van der Waals surface area contributed by atoms with Crippen LogP contribution in [0, 0.1) is 6.92 Å². The maximum atomic E-state index is 10.3. The molecule has 0 atom stereocenters. The third kappa shape index (κ3) is 1.82. The SMILES string of the molecule is Cc1ccc(N)c(-c2cccc3ccccc23)c1O. The molecule has 3 aromatic rings. The van der Waals surface area contributed by atoms with Crippen molar-refractivity contribution in [2.45, 2.75) is 6.92 Å². The van der Waals surface area contributed by atoms with Crippen molar-refractivity contribution in [2.24, 2.45) is 0 Å². The first kappa shape index (κ1) is 11.6. The van der Waals surface area contributed by atoms with Crippen molar-refractivity contribution in [1.82, 2.24) is 0 Å². The Hall–Kier alpha value is -2.48. The first-order valence-corrected chi connectivity index (χ1v) is 6.24. The number of rotatable bonds is 1. The number of benzene rings is 3. The minimum Gasteiger partial charge on any atom is -0.507 e. The second-order valence-corrected chi connectivity index (χ2v) is 4.72. The predicted octanol–water partition coefficient (Wildman–Crippen LogP) is 4.10. The van der Waals surface area contributed by atoms with Crippen LogP contribution in [0.1, 0.15) is 5.56 Å². The molecule has 3 aromatic carbocycles. The van der Waals surface area contributed by atoms with E-state index in [-0.39, 0.29) is 5.75 Å². The molecular formula is C17H15NO. The number of phenolic OH excluding ortho intramolecular Hbond substituents is 1. The molecule has 3 rings (SSSR count). The molecule has 0 spiro atoms. The Morgan fingerprint density at radius 2 is 1.63 bits per heavy atom. The highest BCUT2D eigenvalue weighted by Gasteiger charge is 2.13. The highest BCUT2D eigenvalue weighted by Crippen LogP contribution is 2.40. The van der Waals surface area contributed by atoms with E-state index in [0.717, 1.165) is 27.5 Å². The standard InChI is InChI=1S/C17H15NO/c1-11-9-10-15(18)16(17(11)19)14-8-4-6-12-5-2-3-7-13(12)14/h2-10,19H,18H2,1H3. The van der Waals surface area contributed by atoms with Gasteiger partial charge in [-0.3, -0.25) is 0 Å². The van der Waals surface area contributed by atoms with Crippen LogP contribution in [0.5, 0.6) is 5.75 Å². The van der Waals surface area contributed by atoms with Gasteiger partial charge in [0.2, 0.25) is 0 Å². The van der Waals surface area contributed by atoms with Crippen molar-refractivity contribution in [1.29, 1.82) is 0 Å². The van der Waals surface area contributed by atoms with Crippen LogP contribution in [0.15, 0.2) is 54.6 Å². The summed E-state index contributed by atoms with van der Waals surface area (Å²) in [4.78, 5) is 0.